The lowest BCUT2D eigenvalue weighted by Crippen LogP contribution is -2.35. The first kappa shape index (κ1) is 12.6. The fourth-order valence-electron chi connectivity index (χ4n) is 3.40. The highest BCUT2D eigenvalue weighted by Gasteiger charge is 2.38. The summed E-state index contributed by atoms with van der Waals surface area (Å²) in [6.07, 6.45) is 4.60. The van der Waals surface area contributed by atoms with Gasteiger partial charge in [-0.25, -0.2) is 9.37 Å². The van der Waals surface area contributed by atoms with Gasteiger partial charge in [0, 0.05) is 24.6 Å². The van der Waals surface area contributed by atoms with Crippen molar-refractivity contribution in [2.75, 3.05) is 6.54 Å². The maximum absolute atomic E-state index is 13.4. The number of imidazole rings is 1. The van der Waals surface area contributed by atoms with Crippen LogP contribution < -0.4 is 5.73 Å². The summed E-state index contributed by atoms with van der Waals surface area (Å²) in [5.74, 6) is 0.823. The predicted octanol–water partition coefficient (Wildman–Crippen LogP) is 2.97. The maximum Gasteiger partial charge on any atom is 0.125 e. The molecule has 2 aromatic rings. The maximum atomic E-state index is 13.4. The molecule has 0 bridgehead atoms. The molecule has 19 heavy (non-hydrogen) atoms. The molecule has 0 atom stereocenters. The summed E-state index contributed by atoms with van der Waals surface area (Å²) in [7, 11) is 0. The number of hydrogen-bond donors (Lipinski definition) is 1. The van der Waals surface area contributed by atoms with Gasteiger partial charge in [-0.05, 0) is 31.9 Å². The summed E-state index contributed by atoms with van der Waals surface area (Å²) in [6.45, 7) is 3.57. The quantitative estimate of drug-likeness (QED) is 0.923. The van der Waals surface area contributed by atoms with Gasteiger partial charge in [0.15, 0.2) is 0 Å². The number of rotatable bonds is 3. The van der Waals surface area contributed by atoms with E-state index >= 15 is 0 Å². The number of hydrogen-bond acceptors (Lipinski definition) is 2. The standard InChI is InChI=1S/C15H20FN3/c1-2-19-13-6-5-11(16)9-12(13)18-14(19)15(10-17)7-3-4-8-15/h5-6,9H,2-4,7-8,10,17H2,1H3. The van der Waals surface area contributed by atoms with Gasteiger partial charge in [-0.15, -0.1) is 0 Å². The van der Waals surface area contributed by atoms with Crippen molar-refractivity contribution in [1.82, 2.24) is 9.55 Å². The van der Waals surface area contributed by atoms with Crippen LogP contribution in [0.3, 0.4) is 0 Å². The van der Waals surface area contributed by atoms with Crippen LogP contribution in [0.4, 0.5) is 4.39 Å². The SMILES string of the molecule is CCn1c(C2(CN)CCCC2)nc2cc(F)ccc21. The van der Waals surface area contributed by atoms with E-state index in [2.05, 4.69) is 11.5 Å². The summed E-state index contributed by atoms with van der Waals surface area (Å²) in [6, 6.07) is 4.84. The van der Waals surface area contributed by atoms with E-state index in [-0.39, 0.29) is 11.2 Å². The second-order valence-corrected chi connectivity index (χ2v) is 5.50. The van der Waals surface area contributed by atoms with Gasteiger partial charge >= 0.3 is 0 Å². The number of aromatic nitrogens is 2. The first-order valence-electron chi connectivity index (χ1n) is 7.06. The Kier molecular flexibility index (Phi) is 3.05. The fraction of sp³-hybridized carbons (Fsp3) is 0.533. The van der Waals surface area contributed by atoms with Gasteiger partial charge in [0.25, 0.3) is 0 Å². The normalized spacial score (nSPS) is 18.3. The second kappa shape index (κ2) is 4.60. The minimum absolute atomic E-state index is 0.00843. The zero-order chi connectivity index (χ0) is 13.5. The minimum atomic E-state index is -0.229. The van der Waals surface area contributed by atoms with E-state index in [0.717, 1.165) is 36.2 Å². The summed E-state index contributed by atoms with van der Waals surface area (Å²) >= 11 is 0. The van der Waals surface area contributed by atoms with Gasteiger partial charge in [-0.2, -0.15) is 0 Å². The topological polar surface area (TPSA) is 43.8 Å². The van der Waals surface area contributed by atoms with Crippen molar-refractivity contribution in [1.29, 1.82) is 0 Å². The average molecular weight is 261 g/mol. The van der Waals surface area contributed by atoms with Crippen LogP contribution in [0.5, 0.6) is 0 Å². The van der Waals surface area contributed by atoms with Gasteiger partial charge < -0.3 is 10.3 Å². The summed E-state index contributed by atoms with van der Waals surface area (Å²) in [4.78, 5) is 4.71. The molecule has 0 saturated heterocycles. The third-order valence-corrected chi connectivity index (χ3v) is 4.45. The summed E-state index contributed by atoms with van der Waals surface area (Å²) in [5, 5.41) is 0. The van der Waals surface area contributed by atoms with Crippen molar-refractivity contribution < 1.29 is 4.39 Å². The molecular formula is C15H20FN3. The first-order chi connectivity index (χ1) is 9.20. The molecule has 1 aliphatic carbocycles. The number of nitrogens with two attached hydrogens (primary N) is 1. The van der Waals surface area contributed by atoms with Crippen LogP contribution in [0.15, 0.2) is 18.2 Å². The number of benzene rings is 1. The van der Waals surface area contributed by atoms with Crippen LogP contribution in [0.2, 0.25) is 0 Å². The number of halogens is 1. The lowest BCUT2D eigenvalue weighted by atomic mass is 9.85. The fourth-order valence-corrected chi connectivity index (χ4v) is 3.40. The number of aryl methyl sites for hydroxylation is 1. The average Bonchev–Trinajstić information content (AvgIpc) is 3.02. The van der Waals surface area contributed by atoms with Crippen molar-refractivity contribution >= 4 is 11.0 Å². The molecule has 2 N–H and O–H groups in total. The van der Waals surface area contributed by atoms with E-state index in [9.17, 15) is 4.39 Å². The van der Waals surface area contributed by atoms with E-state index in [1.165, 1.54) is 25.0 Å². The molecule has 1 heterocycles. The molecule has 1 aliphatic rings. The molecule has 1 fully saturated rings. The zero-order valence-corrected chi connectivity index (χ0v) is 11.3. The van der Waals surface area contributed by atoms with Crippen molar-refractivity contribution in [2.24, 2.45) is 5.73 Å². The molecule has 4 heteroatoms. The van der Waals surface area contributed by atoms with Crippen molar-refractivity contribution in [3.05, 3.63) is 29.8 Å². The van der Waals surface area contributed by atoms with Gasteiger partial charge in [-0.3, -0.25) is 0 Å². The van der Waals surface area contributed by atoms with E-state index < -0.39 is 0 Å². The Hall–Kier alpha value is -1.42. The van der Waals surface area contributed by atoms with Gasteiger partial charge in [0.05, 0.1) is 11.0 Å². The van der Waals surface area contributed by atoms with Crippen LogP contribution in [-0.4, -0.2) is 16.1 Å². The minimum Gasteiger partial charge on any atom is -0.329 e. The lowest BCUT2D eigenvalue weighted by molar-refractivity contribution is 0.407. The van der Waals surface area contributed by atoms with E-state index in [1.807, 2.05) is 6.07 Å². The zero-order valence-electron chi connectivity index (χ0n) is 11.3. The predicted molar refractivity (Wildman–Crippen MR) is 74.6 cm³/mol. The Balaban J connectivity index is 2.22. The summed E-state index contributed by atoms with van der Waals surface area (Å²) in [5.41, 5.74) is 7.80. The Labute approximate surface area is 112 Å². The van der Waals surface area contributed by atoms with Gasteiger partial charge in [0.2, 0.25) is 0 Å². The van der Waals surface area contributed by atoms with Crippen LogP contribution >= 0.6 is 0 Å². The number of nitrogens with zero attached hydrogens (tertiary/aromatic N) is 2. The third kappa shape index (κ3) is 1.86. The molecule has 0 aliphatic heterocycles. The van der Waals surface area contributed by atoms with Crippen molar-refractivity contribution in [2.45, 2.75) is 44.6 Å². The molecular weight excluding hydrogens is 241 g/mol. The highest BCUT2D eigenvalue weighted by molar-refractivity contribution is 5.76. The third-order valence-electron chi connectivity index (χ3n) is 4.45. The molecule has 0 amide bonds. The highest BCUT2D eigenvalue weighted by Crippen LogP contribution is 2.40. The Morgan fingerprint density at radius 1 is 1.37 bits per heavy atom. The Bertz CT molecular complexity index is 597. The molecule has 0 radical (unpaired) electrons. The first-order valence-corrected chi connectivity index (χ1v) is 7.06. The Morgan fingerprint density at radius 2 is 2.11 bits per heavy atom. The summed E-state index contributed by atoms with van der Waals surface area (Å²) < 4.78 is 15.6. The van der Waals surface area contributed by atoms with Crippen LogP contribution in [0.25, 0.3) is 11.0 Å². The number of fused-ring (bicyclic) bond motifs is 1. The Morgan fingerprint density at radius 3 is 2.74 bits per heavy atom. The molecule has 0 spiro atoms. The van der Waals surface area contributed by atoms with Crippen LogP contribution in [0.1, 0.15) is 38.4 Å². The lowest BCUT2D eigenvalue weighted by Gasteiger charge is -2.27. The van der Waals surface area contributed by atoms with Crippen molar-refractivity contribution in [3.63, 3.8) is 0 Å². The van der Waals surface area contributed by atoms with Crippen LogP contribution in [-0.2, 0) is 12.0 Å². The monoisotopic (exact) mass is 261 g/mol. The molecule has 1 aromatic heterocycles. The van der Waals surface area contributed by atoms with Gasteiger partial charge in [-0.1, -0.05) is 12.8 Å². The van der Waals surface area contributed by atoms with Crippen molar-refractivity contribution in [3.8, 4) is 0 Å². The van der Waals surface area contributed by atoms with Crippen LogP contribution in [0, 0.1) is 5.82 Å². The smallest absolute Gasteiger partial charge is 0.125 e. The molecule has 0 unspecified atom stereocenters. The van der Waals surface area contributed by atoms with E-state index in [0.29, 0.717) is 6.54 Å². The van der Waals surface area contributed by atoms with E-state index in [1.54, 1.807) is 0 Å². The second-order valence-electron chi connectivity index (χ2n) is 5.50. The highest BCUT2D eigenvalue weighted by atomic mass is 19.1. The molecule has 1 saturated carbocycles. The molecule has 1 aromatic carbocycles. The van der Waals surface area contributed by atoms with Gasteiger partial charge in [0.1, 0.15) is 11.6 Å². The molecule has 102 valence electrons. The van der Waals surface area contributed by atoms with E-state index in [4.69, 9.17) is 10.7 Å². The largest absolute Gasteiger partial charge is 0.329 e. The molecule has 3 nitrogen and oxygen atoms in total. The molecule has 3 rings (SSSR count).